The fourth-order valence-corrected chi connectivity index (χ4v) is 4.22. The van der Waals surface area contributed by atoms with Crippen LogP contribution in [-0.4, -0.2) is 56.2 Å². The topological polar surface area (TPSA) is 75.8 Å². The van der Waals surface area contributed by atoms with Gasteiger partial charge in [0.05, 0.1) is 17.2 Å². The highest BCUT2D eigenvalue weighted by atomic mass is 79.9. The van der Waals surface area contributed by atoms with Crippen LogP contribution in [0.15, 0.2) is 38.6 Å². The summed E-state index contributed by atoms with van der Waals surface area (Å²) in [7, 11) is -3.31. The van der Waals surface area contributed by atoms with Gasteiger partial charge < -0.3 is 10.6 Å². The largest absolute Gasteiger partial charge is 0.370 e. The molecule has 0 atom stereocenters. The van der Waals surface area contributed by atoms with E-state index in [1.165, 1.54) is 0 Å². The summed E-state index contributed by atoms with van der Waals surface area (Å²) >= 11 is 5.18. The monoisotopic (exact) mass is 391 g/mol. The molecule has 0 saturated carbocycles. The van der Waals surface area contributed by atoms with E-state index in [1.54, 1.807) is 24.3 Å². The fourth-order valence-electron chi connectivity index (χ4n) is 1.93. The van der Waals surface area contributed by atoms with Crippen molar-refractivity contribution < 1.29 is 8.42 Å². The molecule has 0 unspecified atom stereocenters. The molecule has 116 valence electrons. The third kappa shape index (κ3) is 4.89. The fraction of sp³-hybridized carbons (Fsp3) is 0.462. The molecular weight excluding hydrogens is 374 g/mol. The Morgan fingerprint density at radius 1 is 1.29 bits per heavy atom. The minimum absolute atomic E-state index is 0.0298. The molecule has 1 heterocycles. The number of halogens is 1. The van der Waals surface area contributed by atoms with Gasteiger partial charge in [0.25, 0.3) is 0 Å². The average molecular weight is 392 g/mol. The molecular formula is C13H18BrN3O2S2. The molecule has 21 heavy (non-hydrogen) atoms. The quantitative estimate of drug-likeness (QED) is 0.622. The Balaban J connectivity index is 1.93. The lowest BCUT2D eigenvalue weighted by atomic mass is 10.4. The van der Waals surface area contributed by atoms with Gasteiger partial charge in [-0.15, -0.1) is 0 Å². The number of aliphatic imine (C=N–C) groups is 1. The zero-order chi connectivity index (χ0) is 15.3. The van der Waals surface area contributed by atoms with Gasteiger partial charge in [0, 0.05) is 29.1 Å². The highest BCUT2D eigenvalue weighted by Gasteiger charge is 2.15. The number of sulfone groups is 1. The minimum atomic E-state index is -3.31. The third-order valence-corrected chi connectivity index (χ3v) is 6.32. The second kappa shape index (κ2) is 7.51. The number of nitrogens with two attached hydrogens (primary N) is 1. The summed E-state index contributed by atoms with van der Waals surface area (Å²) in [6, 6.07) is 6.62. The first-order valence-electron chi connectivity index (χ1n) is 6.60. The van der Waals surface area contributed by atoms with Crippen molar-refractivity contribution in [2.24, 2.45) is 10.7 Å². The van der Waals surface area contributed by atoms with E-state index in [9.17, 15) is 8.42 Å². The van der Waals surface area contributed by atoms with Crippen molar-refractivity contribution in [3.05, 3.63) is 28.7 Å². The molecule has 2 rings (SSSR count). The van der Waals surface area contributed by atoms with Crippen LogP contribution in [0.4, 0.5) is 0 Å². The number of nitrogens with zero attached hydrogens (tertiary/aromatic N) is 2. The highest BCUT2D eigenvalue weighted by Crippen LogP contribution is 2.16. The van der Waals surface area contributed by atoms with Crippen LogP contribution < -0.4 is 5.73 Å². The Bertz CT molecular complexity index is 596. The second-order valence-electron chi connectivity index (χ2n) is 4.61. The van der Waals surface area contributed by atoms with Crippen molar-refractivity contribution in [1.29, 1.82) is 0 Å². The van der Waals surface area contributed by atoms with Crippen LogP contribution in [0.2, 0.25) is 0 Å². The molecule has 1 fully saturated rings. The van der Waals surface area contributed by atoms with Crippen molar-refractivity contribution in [3.63, 3.8) is 0 Å². The predicted molar refractivity (Wildman–Crippen MR) is 91.6 cm³/mol. The molecule has 1 aromatic rings. The van der Waals surface area contributed by atoms with E-state index < -0.39 is 9.84 Å². The van der Waals surface area contributed by atoms with E-state index >= 15 is 0 Å². The summed E-state index contributed by atoms with van der Waals surface area (Å²) in [6.45, 7) is 1.94. The summed E-state index contributed by atoms with van der Waals surface area (Å²) in [5.74, 6) is 2.49. The van der Waals surface area contributed by atoms with Gasteiger partial charge in [-0.2, -0.15) is 11.8 Å². The number of rotatable bonds is 4. The maximum absolute atomic E-state index is 12.2. The summed E-state index contributed by atoms with van der Waals surface area (Å²) in [6.07, 6.45) is 0. The van der Waals surface area contributed by atoms with Crippen LogP contribution >= 0.6 is 27.7 Å². The summed E-state index contributed by atoms with van der Waals surface area (Å²) in [5, 5.41) is 0. The smallest absolute Gasteiger partial charge is 0.191 e. The number of thioether (sulfide) groups is 1. The molecule has 1 aliphatic rings. The molecule has 2 N–H and O–H groups in total. The predicted octanol–water partition coefficient (Wildman–Crippen LogP) is 1.59. The van der Waals surface area contributed by atoms with E-state index in [4.69, 9.17) is 5.73 Å². The SMILES string of the molecule is NC(=NCCS(=O)(=O)c1ccc(Br)cc1)N1CCSCC1. The third-order valence-electron chi connectivity index (χ3n) is 3.14. The van der Waals surface area contributed by atoms with Gasteiger partial charge in [-0.1, -0.05) is 15.9 Å². The maximum atomic E-state index is 12.2. The Labute approximate surface area is 138 Å². The normalized spacial score (nSPS) is 17.0. The molecule has 5 nitrogen and oxygen atoms in total. The standard InChI is InChI=1S/C13H18BrN3O2S2/c14-11-1-3-12(4-2-11)21(18,19)10-5-16-13(15)17-6-8-20-9-7-17/h1-4H,5-10H2,(H2,15,16). The molecule has 0 bridgehead atoms. The number of benzene rings is 1. The zero-order valence-electron chi connectivity index (χ0n) is 11.5. The molecule has 1 aromatic carbocycles. The molecule has 0 spiro atoms. The Morgan fingerprint density at radius 3 is 2.52 bits per heavy atom. The summed E-state index contributed by atoms with van der Waals surface area (Å²) in [5.41, 5.74) is 5.90. The first kappa shape index (κ1) is 16.6. The lowest BCUT2D eigenvalue weighted by molar-refractivity contribution is 0.456. The van der Waals surface area contributed by atoms with Gasteiger partial charge in [-0.3, -0.25) is 4.99 Å². The van der Waals surface area contributed by atoms with Crippen molar-refractivity contribution in [2.75, 3.05) is 36.9 Å². The van der Waals surface area contributed by atoms with Crippen LogP contribution in [0.3, 0.4) is 0 Å². The minimum Gasteiger partial charge on any atom is -0.370 e. The van der Waals surface area contributed by atoms with E-state index in [0.29, 0.717) is 10.9 Å². The average Bonchev–Trinajstić information content (AvgIpc) is 2.48. The lowest BCUT2D eigenvalue weighted by Gasteiger charge is -2.27. The maximum Gasteiger partial charge on any atom is 0.191 e. The van der Waals surface area contributed by atoms with Crippen LogP contribution in [0, 0.1) is 0 Å². The molecule has 1 saturated heterocycles. The van der Waals surface area contributed by atoms with Gasteiger partial charge >= 0.3 is 0 Å². The Kier molecular flexibility index (Phi) is 5.95. The molecule has 8 heteroatoms. The van der Waals surface area contributed by atoms with Gasteiger partial charge in [-0.05, 0) is 24.3 Å². The van der Waals surface area contributed by atoms with Crippen molar-refractivity contribution >= 4 is 43.5 Å². The Hall–Kier alpha value is -0.730. The van der Waals surface area contributed by atoms with Gasteiger partial charge in [0.2, 0.25) is 0 Å². The van der Waals surface area contributed by atoms with Crippen molar-refractivity contribution in [2.45, 2.75) is 4.90 Å². The second-order valence-corrected chi connectivity index (χ2v) is 8.86. The van der Waals surface area contributed by atoms with Gasteiger partial charge in [0.15, 0.2) is 15.8 Å². The zero-order valence-corrected chi connectivity index (χ0v) is 14.8. The first-order chi connectivity index (χ1) is 9.99. The van der Waals surface area contributed by atoms with Crippen molar-refractivity contribution in [3.8, 4) is 0 Å². The van der Waals surface area contributed by atoms with Crippen LogP contribution in [0.5, 0.6) is 0 Å². The molecule has 1 aliphatic heterocycles. The molecule has 0 aromatic heterocycles. The molecule has 0 aliphatic carbocycles. The molecule has 0 amide bonds. The lowest BCUT2D eigenvalue weighted by Crippen LogP contribution is -2.42. The van der Waals surface area contributed by atoms with Gasteiger partial charge in [0.1, 0.15) is 0 Å². The van der Waals surface area contributed by atoms with E-state index in [-0.39, 0.29) is 12.3 Å². The number of hydrogen-bond donors (Lipinski definition) is 1. The Morgan fingerprint density at radius 2 is 1.90 bits per heavy atom. The molecule has 0 radical (unpaired) electrons. The van der Waals surface area contributed by atoms with E-state index in [1.807, 2.05) is 16.7 Å². The number of guanidine groups is 1. The van der Waals surface area contributed by atoms with Crippen molar-refractivity contribution in [1.82, 2.24) is 4.90 Å². The first-order valence-corrected chi connectivity index (χ1v) is 10.2. The van der Waals surface area contributed by atoms with E-state index in [0.717, 1.165) is 29.1 Å². The van der Waals surface area contributed by atoms with E-state index in [2.05, 4.69) is 20.9 Å². The van der Waals surface area contributed by atoms with Crippen LogP contribution in [-0.2, 0) is 9.84 Å². The number of hydrogen-bond acceptors (Lipinski definition) is 4. The van der Waals surface area contributed by atoms with Crippen LogP contribution in [0.1, 0.15) is 0 Å². The summed E-state index contributed by atoms with van der Waals surface area (Å²) in [4.78, 5) is 6.52. The highest BCUT2D eigenvalue weighted by molar-refractivity contribution is 9.10. The van der Waals surface area contributed by atoms with Crippen LogP contribution in [0.25, 0.3) is 0 Å². The van der Waals surface area contributed by atoms with Gasteiger partial charge in [-0.25, -0.2) is 8.42 Å². The summed E-state index contributed by atoms with van der Waals surface area (Å²) < 4.78 is 25.2.